The Morgan fingerprint density at radius 3 is 2.51 bits per heavy atom. The van der Waals surface area contributed by atoms with Gasteiger partial charge in [-0.3, -0.25) is 9.36 Å². The molecule has 1 unspecified atom stereocenters. The summed E-state index contributed by atoms with van der Waals surface area (Å²) in [5.74, 6) is 1.54. The van der Waals surface area contributed by atoms with E-state index in [4.69, 9.17) is 32.9 Å². The number of piperidine rings is 1. The number of hydrogen-bond donors (Lipinski definition) is 1. The van der Waals surface area contributed by atoms with Crippen molar-refractivity contribution in [3.63, 3.8) is 0 Å². The van der Waals surface area contributed by atoms with E-state index in [9.17, 15) is 4.79 Å². The van der Waals surface area contributed by atoms with Crippen molar-refractivity contribution in [1.29, 1.82) is 0 Å². The average Bonchev–Trinajstić information content (AvgIpc) is 3.59. The highest BCUT2D eigenvalue weighted by Crippen LogP contribution is 2.35. The maximum absolute atomic E-state index is 12.5. The number of hydrogen-bond acceptors (Lipinski definition) is 6. The van der Waals surface area contributed by atoms with E-state index in [0.29, 0.717) is 40.2 Å². The van der Waals surface area contributed by atoms with Gasteiger partial charge in [0.25, 0.3) is 0 Å². The number of benzene rings is 2. The summed E-state index contributed by atoms with van der Waals surface area (Å²) in [5.41, 5.74) is 3.08. The first-order valence-electron chi connectivity index (χ1n) is 12.5. The molecule has 1 N–H and O–H groups in total. The van der Waals surface area contributed by atoms with Crippen molar-refractivity contribution < 1.29 is 9.53 Å². The second-order valence-electron chi connectivity index (χ2n) is 9.43. The number of imidazole rings is 1. The molecule has 2 saturated heterocycles. The van der Waals surface area contributed by atoms with Crippen LogP contribution >= 0.6 is 23.2 Å². The fourth-order valence-electron chi connectivity index (χ4n) is 5.07. The Balaban J connectivity index is 1.33. The lowest BCUT2D eigenvalue weighted by Crippen LogP contribution is -2.46. The Hall–Kier alpha value is -3.20. The summed E-state index contributed by atoms with van der Waals surface area (Å²) in [6.45, 7) is 2.70. The molecule has 0 bridgehead atoms. The molecule has 190 valence electrons. The molecule has 2 aromatic carbocycles. The lowest BCUT2D eigenvalue weighted by atomic mass is 10.0. The van der Waals surface area contributed by atoms with Crippen molar-refractivity contribution in [2.45, 2.75) is 25.3 Å². The minimum atomic E-state index is -0.0282. The van der Waals surface area contributed by atoms with E-state index in [2.05, 4.69) is 20.2 Å². The monoisotopic (exact) mass is 536 g/mol. The smallest absolute Gasteiger partial charge is 0.225 e. The van der Waals surface area contributed by atoms with Gasteiger partial charge in [-0.2, -0.15) is 0 Å². The zero-order valence-electron chi connectivity index (χ0n) is 20.1. The van der Waals surface area contributed by atoms with Gasteiger partial charge in [-0.1, -0.05) is 35.3 Å². The number of rotatable bonds is 5. The Morgan fingerprint density at radius 1 is 1.00 bits per heavy atom. The van der Waals surface area contributed by atoms with Crippen molar-refractivity contribution >= 4 is 46.1 Å². The van der Waals surface area contributed by atoms with E-state index in [1.807, 2.05) is 53.1 Å². The van der Waals surface area contributed by atoms with Gasteiger partial charge >= 0.3 is 0 Å². The van der Waals surface area contributed by atoms with Crippen molar-refractivity contribution in [3.8, 4) is 17.1 Å². The van der Waals surface area contributed by atoms with Crippen molar-refractivity contribution in [2.24, 2.45) is 5.92 Å². The van der Waals surface area contributed by atoms with Gasteiger partial charge in [0, 0.05) is 42.0 Å². The number of amides is 1. The molecule has 2 fully saturated rings. The number of aromatic nitrogens is 4. The first-order valence-corrected chi connectivity index (χ1v) is 13.2. The standard InChI is InChI=1S/C27H26Cl2N6O2/c28-18-5-7-20(8-6-18)35-24(21-3-1-2-4-22(21)29)33-23-25(30-16-31-26(23)35)34-12-9-19(10-13-34)32-27(36)17-11-14-37-15-17/h1-8,16-17,19H,9-15H2,(H,32,36). The molecule has 2 aliphatic heterocycles. The minimum absolute atomic E-state index is 0.0282. The summed E-state index contributed by atoms with van der Waals surface area (Å²) in [6, 6.07) is 15.4. The number of carbonyl (C=O) groups is 1. The summed E-state index contributed by atoms with van der Waals surface area (Å²) in [5, 5.41) is 4.47. The van der Waals surface area contributed by atoms with Gasteiger partial charge in [-0.05, 0) is 55.7 Å². The highest BCUT2D eigenvalue weighted by molar-refractivity contribution is 6.33. The molecule has 6 rings (SSSR count). The first kappa shape index (κ1) is 24.2. The van der Waals surface area contributed by atoms with Crippen molar-refractivity contribution in [1.82, 2.24) is 24.8 Å². The van der Waals surface area contributed by atoms with E-state index < -0.39 is 0 Å². The summed E-state index contributed by atoms with van der Waals surface area (Å²) < 4.78 is 7.36. The normalized spacial score (nSPS) is 18.4. The van der Waals surface area contributed by atoms with Crippen LogP contribution in [0.3, 0.4) is 0 Å². The topological polar surface area (TPSA) is 85.2 Å². The van der Waals surface area contributed by atoms with Crippen LogP contribution in [0.25, 0.3) is 28.2 Å². The van der Waals surface area contributed by atoms with Gasteiger partial charge < -0.3 is 15.0 Å². The van der Waals surface area contributed by atoms with Crippen LogP contribution in [0.2, 0.25) is 10.0 Å². The van der Waals surface area contributed by atoms with Gasteiger partial charge in [0.2, 0.25) is 5.91 Å². The molecule has 8 nitrogen and oxygen atoms in total. The molecule has 0 saturated carbocycles. The quantitative estimate of drug-likeness (QED) is 0.390. The van der Waals surface area contributed by atoms with Crippen molar-refractivity contribution in [2.75, 3.05) is 31.2 Å². The number of halogens is 2. The molecule has 37 heavy (non-hydrogen) atoms. The zero-order valence-corrected chi connectivity index (χ0v) is 21.6. The number of anilines is 1. The highest BCUT2D eigenvalue weighted by Gasteiger charge is 2.29. The zero-order chi connectivity index (χ0) is 25.4. The predicted octanol–water partition coefficient (Wildman–Crippen LogP) is 4.91. The van der Waals surface area contributed by atoms with E-state index in [0.717, 1.165) is 49.4 Å². The van der Waals surface area contributed by atoms with E-state index in [-0.39, 0.29) is 17.9 Å². The van der Waals surface area contributed by atoms with Gasteiger partial charge in [0.05, 0.1) is 17.5 Å². The molecular formula is C27H26Cl2N6O2. The number of ether oxygens (including phenoxy) is 1. The van der Waals surface area contributed by atoms with Gasteiger partial charge in [0.15, 0.2) is 17.0 Å². The third kappa shape index (κ3) is 4.77. The lowest BCUT2D eigenvalue weighted by molar-refractivity contribution is -0.125. The minimum Gasteiger partial charge on any atom is -0.381 e. The molecule has 1 atom stereocenters. The van der Waals surface area contributed by atoms with Crippen LogP contribution in [0.5, 0.6) is 0 Å². The lowest BCUT2D eigenvalue weighted by Gasteiger charge is -2.33. The van der Waals surface area contributed by atoms with Crippen LogP contribution < -0.4 is 10.2 Å². The molecule has 2 aliphatic rings. The summed E-state index contributed by atoms with van der Waals surface area (Å²) >= 11 is 12.8. The first-order chi connectivity index (χ1) is 18.1. The Morgan fingerprint density at radius 2 is 1.78 bits per heavy atom. The van der Waals surface area contributed by atoms with E-state index in [1.54, 1.807) is 6.33 Å². The third-order valence-corrected chi connectivity index (χ3v) is 7.65. The van der Waals surface area contributed by atoms with Gasteiger partial charge in [0.1, 0.15) is 12.2 Å². The van der Waals surface area contributed by atoms with Gasteiger partial charge in [-0.15, -0.1) is 0 Å². The van der Waals surface area contributed by atoms with E-state index in [1.165, 1.54) is 0 Å². The molecule has 0 aliphatic carbocycles. The number of carbonyl (C=O) groups excluding carboxylic acids is 1. The molecule has 1 amide bonds. The number of nitrogens with zero attached hydrogens (tertiary/aromatic N) is 5. The van der Waals surface area contributed by atoms with Crippen LogP contribution in [0.4, 0.5) is 5.82 Å². The van der Waals surface area contributed by atoms with Crippen LogP contribution in [-0.2, 0) is 9.53 Å². The van der Waals surface area contributed by atoms with Crippen molar-refractivity contribution in [3.05, 3.63) is 64.9 Å². The predicted molar refractivity (Wildman–Crippen MR) is 144 cm³/mol. The number of fused-ring (bicyclic) bond motifs is 1. The SMILES string of the molecule is O=C(NC1CCN(c2ncnc3c2nc(-c2ccccc2Cl)n3-c2ccc(Cl)cc2)CC1)C1CCOC1. The van der Waals surface area contributed by atoms with Crippen LogP contribution in [0.1, 0.15) is 19.3 Å². The molecule has 0 radical (unpaired) electrons. The van der Waals surface area contributed by atoms with Crippen LogP contribution in [-0.4, -0.2) is 57.8 Å². The van der Waals surface area contributed by atoms with E-state index >= 15 is 0 Å². The molecule has 0 spiro atoms. The molecule has 4 heterocycles. The fraction of sp³-hybridized carbons (Fsp3) is 0.333. The van der Waals surface area contributed by atoms with Crippen LogP contribution in [0, 0.1) is 5.92 Å². The maximum atomic E-state index is 12.5. The number of nitrogens with one attached hydrogen (secondary N) is 1. The highest BCUT2D eigenvalue weighted by atomic mass is 35.5. The summed E-state index contributed by atoms with van der Waals surface area (Å²) in [7, 11) is 0. The molecular weight excluding hydrogens is 511 g/mol. The Kier molecular flexibility index (Phi) is 6.71. The summed E-state index contributed by atoms with van der Waals surface area (Å²) in [6.07, 6.45) is 4.05. The molecule has 4 aromatic rings. The summed E-state index contributed by atoms with van der Waals surface area (Å²) in [4.78, 5) is 29.1. The Bertz CT molecular complexity index is 1430. The average molecular weight is 537 g/mol. The third-order valence-electron chi connectivity index (χ3n) is 7.07. The Labute approximate surface area is 224 Å². The second kappa shape index (κ2) is 10.3. The van der Waals surface area contributed by atoms with Gasteiger partial charge in [-0.25, -0.2) is 15.0 Å². The fourth-order valence-corrected chi connectivity index (χ4v) is 5.41. The maximum Gasteiger partial charge on any atom is 0.225 e. The molecule has 2 aromatic heterocycles. The van der Waals surface area contributed by atoms with Crippen LogP contribution in [0.15, 0.2) is 54.9 Å². The second-order valence-corrected chi connectivity index (χ2v) is 10.3. The largest absolute Gasteiger partial charge is 0.381 e. The molecule has 10 heteroatoms.